The van der Waals surface area contributed by atoms with Gasteiger partial charge in [-0.2, -0.15) is 0 Å². The molecule has 1 atom stereocenters. The molecular weight excluding hydrogens is 380 g/mol. The molecule has 1 aliphatic rings. The number of carbonyl (C=O) groups excluding carboxylic acids is 2. The monoisotopic (exact) mass is 400 g/mol. The minimum atomic E-state index is -0.656. The van der Waals surface area contributed by atoms with Crippen LogP contribution in [-0.2, 0) is 16.1 Å². The highest BCUT2D eigenvalue weighted by atomic mass is 35.5. The number of nitrogens with one attached hydrogen (secondary N) is 2. The summed E-state index contributed by atoms with van der Waals surface area (Å²) >= 11 is 6.40. The van der Waals surface area contributed by atoms with Crippen LogP contribution in [0.25, 0.3) is 0 Å². The van der Waals surface area contributed by atoms with Crippen LogP contribution in [0.1, 0.15) is 30.5 Å². The van der Waals surface area contributed by atoms with Gasteiger partial charge in [-0.05, 0) is 29.7 Å². The number of amides is 2. The van der Waals surface area contributed by atoms with Crippen LogP contribution in [0, 0.1) is 0 Å². The summed E-state index contributed by atoms with van der Waals surface area (Å²) < 4.78 is 10.7. The van der Waals surface area contributed by atoms with E-state index in [-0.39, 0.29) is 6.03 Å². The third kappa shape index (κ3) is 4.28. The molecule has 0 radical (unpaired) electrons. The Bertz CT molecular complexity index is 912. The molecule has 2 amide bonds. The fourth-order valence-electron chi connectivity index (χ4n) is 3.05. The summed E-state index contributed by atoms with van der Waals surface area (Å²) in [5.74, 6) is 0.0173. The Balaban J connectivity index is 1.87. The summed E-state index contributed by atoms with van der Waals surface area (Å²) in [6, 6.07) is 13.9. The SMILES string of the molecule is CCC1=C(C(=O)OC)C(c2ccc(OCc3ccccc3)c(Cl)c2)NC(=O)N1. The molecule has 0 spiro atoms. The minimum Gasteiger partial charge on any atom is -0.487 e. The van der Waals surface area contributed by atoms with Gasteiger partial charge in [-0.1, -0.05) is 54.9 Å². The lowest BCUT2D eigenvalue weighted by Crippen LogP contribution is -2.45. The number of carbonyl (C=O) groups is 2. The van der Waals surface area contributed by atoms with Crippen LogP contribution in [-0.4, -0.2) is 19.1 Å². The number of hydrogen-bond acceptors (Lipinski definition) is 4. The average molecular weight is 401 g/mol. The lowest BCUT2D eigenvalue weighted by molar-refractivity contribution is -0.136. The maximum absolute atomic E-state index is 12.3. The molecule has 1 unspecified atom stereocenters. The van der Waals surface area contributed by atoms with Gasteiger partial charge in [0.15, 0.2) is 0 Å². The van der Waals surface area contributed by atoms with Gasteiger partial charge < -0.3 is 20.1 Å². The zero-order valence-electron chi connectivity index (χ0n) is 15.6. The molecule has 1 aliphatic heterocycles. The van der Waals surface area contributed by atoms with E-state index in [1.54, 1.807) is 18.2 Å². The summed E-state index contributed by atoms with van der Waals surface area (Å²) in [4.78, 5) is 24.3. The molecule has 2 aromatic rings. The van der Waals surface area contributed by atoms with Crippen LogP contribution in [0.4, 0.5) is 4.79 Å². The van der Waals surface area contributed by atoms with Crippen LogP contribution in [0.2, 0.25) is 5.02 Å². The number of benzene rings is 2. The van der Waals surface area contributed by atoms with Crippen molar-refractivity contribution >= 4 is 23.6 Å². The van der Waals surface area contributed by atoms with Gasteiger partial charge >= 0.3 is 12.0 Å². The predicted octanol–water partition coefficient (Wildman–Crippen LogP) is 4.11. The molecule has 0 bridgehead atoms. The number of urea groups is 1. The number of rotatable bonds is 6. The Morgan fingerprint density at radius 3 is 2.57 bits per heavy atom. The Morgan fingerprint density at radius 2 is 1.93 bits per heavy atom. The van der Waals surface area contributed by atoms with Gasteiger partial charge in [0.25, 0.3) is 0 Å². The van der Waals surface area contributed by atoms with Crippen LogP contribution >= 0.6 is 11.6 Å². The second kappa shape index (κ2) is 8.80. The van der Waals surface area contributed by atoms with E-state index >= 15 is 0 Å². The van der Waals surface area contributed by atoms with Gasteiger partial charge in [0, 0.05) is 5.70 Å². The van der Waals surface area contributed by atoms with Crippen molar-refractivity contribution in [3.63, 3.8) is 0 Å². The number of methoxy groups -OCH3 is 1. The molecule has 28 heavy (non-hydrogen) atoms. The van der Waals surface area contributed by atoms with Crippen molar-refractivity contribution < 1.29 is 19.1 Å². The fraction of sp³-hybridized carbons (Fsp3) is 0.238. The fourth-order valence-corrected chi connectivity index (χ4v) is 3.29. The van der Waals surface area contributed by atoms with E-state index in [2.05, 4.69) is 10.6 Å². The molecular formula is C21H21ClN2O4. The van der Waals surface area contributed by atoms with Crippen LogP contribution in [0.5, 0.6) is 5.75 Å². The topological polar surface area (TPSA) is 76.7 Å². The second-order valence-corrected chi connectivity index (χ2v) is 6.64. The van der Waals surface area contributed by atoms with Gasteiger partial charge in [-0.25, -0.2) is 9.59 Å². The van der Waals surface area contributed by atoms with Gasteiger partial charge in [0.05, 0.1) is 23.7 Å². The maximum atomic E-state index is 12.3. The van der Waals surface area contributed by atoms with Crippen molar-refractivity contribution in [2.45, 2.75) is 26.0 Å². The molecule has 7 heteroatoms. The quantitative estimate of drug-likeness (QED) is 0.715. The molecule has 0 saturated carbocycles. The highest BCUT2D eigenvalue weighted by molar-refractivity contribution is 6.32. The molecule has 6 nitrogen and oxygen atoms in total. The molecule has 0 fully saturated rings. The zero-order valence-corrected chi connectivity index (χ0v) is 16.4. The normalized spacial score (nSPS) is 16.2. The minimum absolute atomic E-state index is 0.360. The number of halogens is 1. The lowest BCUT2D eigenvalue weighted by Gasteiger charge is -2.29. The summed E-state index contributed by atoms with van der Waals surface area (Å²) in [5, 5.41) is 5.82. The Kier molecular flexibility index (Phi) is 6.21. The van der Waals surface area contributed by atoms with Crippen molar-refractivity contribution in [1.29, 1.82) is 0 Å². The first-order valence-electron chi connectivity index (χ1n) is 8.88. The second-order valence-electron chi connectivity index (χ2n) is 6.23. The number of esters is 1. The van der Waals surface area contributed by atoms with Crippen LogP contribution in [0.3, 0.4) is 0 Å². The smallest absolute Gasteiger partial charge is 0.337 e. The van der Waals surface area contributed by atoms with Gasteiger partial charge in [-0.3, -0.25) is 0 Å². The number of hydrogen-bond donors (Lipinski definition) is 2. The van der Waals surface area contributed by atoms with Crippen LogP contribution in [0.15, 0.2) is 59.8 Å². The third-order valence-electron chi connectivity index (χ3n) is 4.44. The van der Waals surface area contributed by atoms with Crippen molar-refractivity contribution in [3.05, 3.63) is 76.0 Å². The first-order chi connectivity index (χ1) is 13.5. The van der Waals surface area contributed by atoms with Crippen molar-refractivity contribution in [2.75, 3.05) is 7.11 Å². The van der Waals surface area contributed by atoms with Gasteiger partial charge in [0.1, 0.15) is 12.4 Å². The third-order valence-corrected chi connectivity index (χ3v) is 4.73. The standard InChI is InChI=1S/C21H21ClN2O4/c1-3-16-18(20(25)27-2)19(24-21(26)23-16)14-9-10-17(15(22)11-14)28-12-13-7-5-4-6-8-13/h4-11,19H,3,12H2,1-2H3,(H2,23,24,26). The van der Waals surface area contributed by atoms with E-state index in [4.69, 9.17) is 21.1 Å². The average Bonchev–Trinajstić information content (AvgIpc) is 2.72. The molecule has 2 aromatic carbocycles. The van der Waals surface area contributed by atoms with Crippen molar-refractivity contribution in [3.8, 4) is 5.75 Å². The van der Waals surface area contributed by atoms with Gasteiger partial charge in [0.2, 0.25) is 0 Å². The first-order valence-corrected chi connectivity index (χ1v) is 9.26. The van der Waals surface area contributed by atoms with E-state index in [0.717, 1.165) is 5.56 Å². The maximum Gasteiger partial charge on any atom is 0.337 e. The highest BCUT2D eigenvalue weighted by Crippen LogP contribution is 2.33. The van der Waals surface area contributed by atoms with Crippen molar-refractivity contribution in [2.24, 2.45) is 0 Å². The lowest BCUT2D eigenvalue weighted by atomic mass is 9.94. The zero-order chi connectivity index (χ0) is 20.1. The van der Waals surface area contributed by atoms with Gasteiger partial charge in [-0.15, -0.1) is 0 Å². The molecule has 0 saturated heterocycles. The van der Waals surface area contributed by atoms with E-state index in [0.29, 0.717) is 40.6 Å². The Morgan fingerprint density at radius 1 is 1.18 bits per heavy atom. The predicted molar refractivity (Wildman–Crippen MR) is 106 cm³/mol. The Hall–Kier alpha value is -2.99. The van der Waals surface area contributed by atoms with E-state index in [9.17, 15) is 9.59 Å². The molecule has 1 heterocycles. The van der Waals surface area contributed by atoms with E-state index < -0.39 is 12.0 Å². The van der Waals surface area contributed by atoms with Crippen LogP contribution < -0.4 is 15.4 Å². The summed E-state index contributed by atoms with van der Waals surface area (Å²) in [6.45, 7) is 2.24. The summed E-state index contributed by atoms with van der Waals surface area (Å²) in [6.07, 6.45) is 0.486. The Labute approximate surface area is 168 Å². The molecule has 2 N–H and O–H groups in total. The van der Waals surface area contributed by atoms with Crippen molar-refractivity contribution in [1.82, 2.24) is 10.6 Å². The largest absolute Gasteiger partial charge is 0.487 e. The number of ether oxygens (including phenoxy) is 2. The molecule has 146 valence electrons. The number of allylic oxidation sites excluding steroid dienone is 1. The summed E-state index contributed by atoms with van der Waals surface area (Å²) in [5.41, 5.74) is 2.58. The molecule has 0 aromatic heterocycles. The van der Waals surface area contributed by atoms with E-state index in [1.807, 2.05) is 37.3 Å². The molecule has 3 rings (SSSR count). The summed E-state index contributed by atoms with van der Waals surface area (Å²) in [7, 11) is 1.31. The van der Waals surface area contributed by atoms with E-state index in [1.165, 1.54) is 7.11 Å². The molecule has 0 aliphatic carbocycles. The first kappa shape index (κ1) is 19.8. The highest BCUT2D eigenvalue weighted by Gasteiger charge is 2.33.